The third-order valence-corrected chi connectivity index (χ3v) is 2.96. The Bertz CT molecular complexity index is 384. The van der Waals surface area contributed by atoms with Gasteiger partial charge in [0.05, 0.1) is 11.4 Å². The summed E-state index contributed by atoms with van der Waals surface area (Å²) in [5, 5.41) is 9.70. The molecule has 1 atom stereocenters. The first-order valence-electron chi connectivity index (χ1n) is 6.10. The van der Waals surface area contributed by atoms with Crippen LogP contribution in [0.2, 0.25) is 0 Å². The molecule has 0 spiro atoms. The molecule has 0 bridgehead atoms. The number of aromatic amines is 1. The molecule has 0 radical (unpaired) electrons. The second kappa shape index (κ2) is 5.70. The molecule has 5 nitrogen and oxygen atoms in total. The number of nitrogens with one attached hydrogen (secondary N) is 2. The van der Waals surface area contributed by atoms with Crippen molar-refractivity contribution in [1.82, 2.24) is 15.5 Å². The fourth-order valence-electron chi connectivity index (χ4n) is 1.44. The molecule has 0 aliphatic heterocycles. The van der Waals surface area contributed by atoms with E-state index in [4.69, 9.17) is 5.73 Å². The van der Waals surface area contributed by atoms with Gasteiger partial charge >= 0.3 is 0 Å². The van der Waals surface area contributed by atoms with E-state index >= 15 is 0 Å². The summed E-state index contributed by atoms with van der Waals surface area (Å²) >= 11 is 0. The molecule has 0 saturated heterocycles. The Hall–Kier alpha value is -1.52. The van der Waals surface area contributed by atoms with Gasteiger partial charge in [0.2, 0.25) is 0 Å². The Balaban J connectivity index is 2.76. The molecule has 0 saturated carbocycles. The highest BCUT2D eigenvalue weighted by atomic mass is 16.2. The maximum absolute atomic E-state index is 11.9. The van der Waals surface area contributed by atoms with Gasteiger partial charge in [0.25, 0.3) is 5.91 Å². The van der Waals surface area contributed by atoms with Crippen molar-refractivity contribution >= 4 is 11.6 Å². The number of hydrogen-bond donors (Lipinski definition) is 3. The minimum atomic E-state index is -0.206. The molecule has 0 fully saturated rings. The molecule has 5 heteroatoms. The number of aromatic nitrogens is 2. The number of nitrogen functional groups attached to an aromatic ring is 1. The van der Waals surface area contributed by atoms with Crippen LogP contribution in [0.15, 0.2) is 0 Å². The van der Waals surface area contributed by atoms with Gasteiger partial charge < -0.3 is 11.1 Å². The lowest BCUT2D eigenvalue weighted by Crippen LogP contribution is -2.36. The van der Waals surface area contributed by atoms with Gasteiger partial charge in [-0.1, -0.05) is 27.2 Å². The molecule has 4 N–H and O–H groups in total. The lowest BCUT2D eigenvalue weighted by atomic mass is 10.1. The molecule has 96 valence electrons. The van der Waals surface area contributed by atoms with Crippen LogP contribution in [-0.2, 0) is 6.42 Å². The first-order chi connectivity index (χ1) is 7.97. The van der Waals surface area contributed by atoms with Crippen LogP contribution in [0, 0.1) is 5.92 Å². The molecule has 1 rings (SSSR count). The first kappa shape index (κ1) is 13.5. The molecule has 1 unspecified atom stereocenters. The van der Waals surface area contributed by atoms with E-state index < -0.39 is 0 Å². The quantitative estimate of drug-likeness (QED) is 0.730. The van der Waals surface area contributed by atoms with Crippen molar-refractivity contribution in [1.29, 1.82) is 0 Å². The number of aryl methyl sites for hydroxylation is 1. The van der Waals surface area contributed by atoms with Gasteiger partial charge in [-0.2, -0.15) is 5.10 Å². The summed E-state index contributed by atoms with van der Waals surface area (Å²) in [5.74, 6) is 0.177. The number of nitrogens with zero attached hydrogens (tertiary/aromatic N) is 1. The van der Waals surface area contributed by atoms with Crippen molar-refractivity contribution in [3.8, 4) is 0 Å². The maximum Gasteiger partial charge on any atom is 0.274 e. The van der Waals surface area contributed by atoms with E-state index in [1.54, 1.807) is 0 Å². The Morgan fingerprint density at radius 2 is 2.12 bits per heavy atom. The van der Waals surface area contributed by atoms with Crippen LogP contribution in [0.5, 0.6) is 0 Å². The summed E-state index contributed by atoms with van der Waals surface area (Å²) in [6, 6.07) is 0.105. The molecule has 0 aliphatic rings. The van der Waals surface area contributed by atoms with Gasteiger partial charge in [-0.15, -0.1) is 0 Å². The third kappa shape index (κ3) is 3.22. The van der Waals surface area contributed by atoms with Gasteiger partial charge in [0.15, 0.2) is 5.69 Å². The van der Waals surface area contributed by atoms with Gasteiger partial charge in [-0.3, -0.25) is 9.89 Å². The van der Waals surface area contributed by atoms with Gasteiger partial charge in [-0.05, 0) is 19.3 Å². The number of carbonyl (C=O) groups is 1. The summed E-state index contributed by atoms with van der Waals surface area (Å²) in [7, 11) is 0. The number of carbonyl (C=O) groups excluding carboxylic acids is 1. The minimum absolute atomic E-state index is 0.105. The smallest absolute Gasteiger partial charge is 0.274 e. The standard InChI is InChI=1S/C12H22N4O/c1-5-6-9-10(13)11(16-15-9)12(17)14-8(4)7(2)3/h7-8H,5-6,13H2,1-4H3,(H,14,17)(H,15,16). The highest BCUT2D eigenvalue weighted by Gasteiger charge is 2.19. The van der Waals surface area contributed by atoms with E-state index in [9.17, 15) is 4.79 Å². The van der Waals surface area contributed by atoms with E-state index in [1.165, 1.54) is 0 Å². The number of anilines is 1. The lowest BCUT2D eigenvalue weighted by Gasteiger charge is -2.16. The monoisotopic (exact) mass is 238 g/mol. The van der Waals surface area contributed by atoms with Gasteiger partial charge in [-0.25, -0.2) is 0 Å². The van der Waals surface area contributed by atoms with Gasteiger partial charge in [0, 0.05) is 6.04 Å². The average molecular weight is 238 g/mol. The Kier molecular flexibility index (Phi) is 4.54. The van der Waals surface area contributed by atoms with E-state index in [0.717, 1.165) is 18.5 Å². The predicted molar refractivity (Wildman–Crippen MR) is 68.8 cm³/mol. The molecule has 0 aromatic carbocycles. The van der Waals surface area contributed by atoms with Crippen molar-refractivity contribution in [3.63, 3.8) is 0 Å². The highest BCUT2D eigenvalue weighted by Crippen LogP contribution is 2.15. The first-order valence-corrected chi connectivity index (χ1v) is 6.10. The molecule has 1 aromatic rings. The summed E-state index contributed by atoms with van der Waals surface area (Å²) in [6.07, 6.45) is 1.78. The van der Waals surface area contributed by atoms with E-state index in [2.05, 4.69) is 36.3 Å². The fraction of sp³-hybridized carbons (Fsp3) is 0.667. The number of nitrogens with two attached hydrogens (primary N) is 1. The normalized spacial score (nSPS) is 12.8. The number of amides is 1. The van der Waals surface area contributed by atoms with Crippen LogP contribution in [0.4, 0.5) is 5.69 Å². The van der Waals surface area contributed by atoms with Crippen molar-refractivity contribution in [2.24, 2.45) is 5.92 Å². The molecule has 1 amide bonds. The zero-order valence-electron chi connectivity index (χ0n) is 11.0. The number of hydrogen-bond acceptors (Lipinski definition) is 3. The zero-order valence-corrected chi connectivity index (χ0v) is 11.0. The number of H-pyrrole nitrogens is 1. The van der Waals surface area contributed by atoms with Crippen molar-refractivity contribution < 1.29 is 4.79 Å². The van der Waals surface area contributed by atoms with Crippen molar-refractivity contribution in [3.05, 3.63) is 11.4 Å². The van der Waals surface area contributed by atoms with Crippen LogP contribution in [-0.4, -0.2) is 22.1 Å². The molecular formula is C12H22N4O. The molecule has 17 heavy (non-hydrogen) atoms. The van der Waals surface area contributed by atoms with Crippen molar-refractivity contribution in [2.75, 3.05) is 5.73 Å². The second-order valence-corrected chi connectivity index (χ2v) is 4.72. The van der Waals surface area contributed by atoms with Crippen LogP contribution in [0.1, 0.15) is 50.3 Å². The molecule has 0 aliphatic carbocycles. The second-order valence-electron chi connectivity index (χ2n) is 4.72. The average Bonchev–Trinajstić information content (AvgIpc) is 2.61. The SMILES string of the molecule is CCCc1[nH]nc(C(=O)NC(C)C(C)C)c1N. The van der Waals surface area contributed by atoms with Crippen LogP contribution >= 0.6 is 0 Å². The van der Waals surface area contributed by atoms with Crippen LogP contribution < -0.4 is 11.1 Å². The summed E-state index contributed by atoms with van der Waals surface area (Å²) in [5.41, 5.74) is 7.51. The highest BCUT2D eigenvalue weighted by molar-refractivity contribution is 5.97. The molecule has 1 aromatic heterocycles. The lowest BCUT2D eigenvalue weighted by molar-refractivity contribution is 0.0926. The topological polar surface area (TPSA) is 83.8 Å². The Morgan fingerprint density at radius 1 is 1.47 bits per heavy atom. The summed E-state index contributed by atoms with van der Waals surface area (Å²) in [4.78, 5) is 11.9. The summed E-state index contributed by atoms with van der Waals surface area (Å²) < 4.78 is 0. The Morgan fingerprint density at radius 3 is 2.65 bits per heavy atom. The molecule has 1 heterocycles. The zero-order chi connectivity index (χ0) is 13.0. The maximum atomic E-state index is 11.9. The van der Waals surface area contributed by atoms with Gasteiger partial charge in [0.1, 0.15) is 0 Å². The molecular weight excluding hydrogens is 216 g/mol. The van der Waals surface area contributed by atoms with E-state index in [0.29, 0.717) is 17.3 Å². The third-order valence-electron chi connectivity index (χ3n) is 2.96. The van der Waals surface area contributed by atoms with Crippen molar-refractivity contribution in [2.45, 2.75) is 46.6 Å². The minimum Gasteiger partial charge on any atom is -0.395 e. The van der Waals surface area contributed by atoms with E-state index in [-0.39, 0.29) is 11.9 Å². The largest absolute Gasteiger partial charge is 0.395 e. The fourth-order valence-corrected chi connectivity index (χ4v) is 1.44. The van der Waals surface area contributed by atoms with Crippen LogP contribution in [0.25, 0.3) is 0 Å². The van der Waals surface area contributed by atoms with Crippen LogP contribution in [0.3, 0.4) is 0 Å². The van der Waals surface area contributed by atoms with E-state index in [1.807, 2.05) is 6.92 Å². The summed E-state index contributed by atoms with van der Waals surface area (Å²) in [6.45, 7) is 8.14. The Labute approximate surface area is 102 Å². The number of rotatable bonds is 5. The predicted octanol–water partition coefficient (Wildman–Crippen LogP) is 1.72.